The highest BCUT2D eigenvalue weighted by Crippen LogP contribution is 2.40. The molecule has 2 aromatic rings. The highest BCUT2D eigenvalue weighted by atomic mass is 32.1. The zero-order valence-corrected chi connectivity index (χ0v) is 12.9. The van der Waals surface area contributed by atoms with Gasteiger partial charge in [0.1, 0.15) is 4.88 Å². The standard InChI is InChI=1S/C17H19NO2S/c1-11-6-5-9-13(10-11)16-18-14(15(21-16)17(19)20)12-7-3-2-4-8-12/h2-4,7-8,11,13H,5-6,9-10H2,1H3,(H,19,20). The third kappa shape index (κ3) is 3.00. The van der Waals surface area contributed by atoms with Crippen LogP contribution in [0.3, 0.4) is 0 Å². The fourth-order valence-corrected chi connectivity index (χ4v) is 4.18. The summed E-state index contributed by atoms with van der Waals surface area (Å²) >= 11 is 1.36. The number of hydrogen-bond acceptors (Lipinski definition) is 3. The number of rotatable bonds is 3. The number of carboxylic acid groups (broad SMARTS) is 1. The summed E-state index contributed by atoms with van der Waals surface area (Å²) in [7, 11) is 0. The van der Waals surface area contributed by atoms with E-state index in [4.69, 9.17) is 4.98 Å². The minimum atomic E-state index is -0.874. The second-order valence-corrected chi connectivity index (χ2v) is 6.90. The van der Waals surface area contributed by atoms with Crippen LogP contribution in [-0.4, -0.2) is 16.1 Å². The molecule has 3 rings (SSSR count). The maximum atomic E-state index is 11.5. The van der Waals surface area contributed by atoms with Crippen LogP contribution in [0.1, 0.15) is 53.2 Å². The lowest BCUT2D eigenvalue weighted by atomic mass is 9.83. The highest BCUT2D eigenvalue weighted by molar-refractivity contribution is 7.14. The van der Waals surface area contributed by atoms with Crippen molar-refractivity contribution >= 4 is 17.3 Å². The molecule has 0 aliphatic heterocycles. The van der Waals surface area contributed by atoms with Crippen LogP contribution in [0.5, 0.6) is 0 Å². The second-order valence-electron chi connectivity index (χ2n) is 5.87. The Kier molecular flexibility index (Phi) is 4.06. The molecule has 2 unspecified atom stereocenters. The molecule has 0 spiro atoms. The van der Waals surface area contributed by atoms with E-state index in [1.165, 1.54) is 24.2 Å². The Morgan fingerprint density at radius 2 is 2.05 bits per heavy atom. The van der Waals surface area contributed by atoms with Crippen molar-refractivity contribution in [2.24, 2.45) is 5.92 Å². The number of hydrogen-bond donors (Lipinski definition) is 1. The van der Waals surface area contributed by atoms with Crippen molar-refractivity contribution in [2.75, 3.05) is 0 Å². The summed E-state index contributed by atoms with van der Waals surface area (Å²) in [4.78, 5) is 16.6. The fourth-order valence-electron chi connectivity index (χ4n) is 3.11. The molecule has 1 aromatic carbocycles. The minimum absolute atomic E-state index is 0.370. The van der Waals surface area contributed by atoms with Gasteiger partial charge in [-0.3, -0.25) is 0 Å². The van der Waals surface area contributed by atoms with E-state index in [1.54, 1.807) is 0 Å². The summed E-state index contributed by atoms with van der Waals surface area (Å²) in [5.74, 6) is 0.261. The Balaban J connectivity index is 1.99. The van der Waals surface area contributed by atoms with Crippen molar-refractivity contribution < 1.29 is 9.90 Å². The van der Waals surface area contributed by atoms with Crippen molar-refractivity contribution in [3.05, 3.63) is 40.2 Å². The van der Waals surface area contributed by atoms with E-state index in [0.717, 1.165) is 23.4 Å². The van der Waals surface area contributed by atoms with E-state index in [0.29, 0.717) is 22.4 Å². The molecule has 4 heteroatoms. The molecule has 0 saturated heterocycles. The van der Waals surface area contributed by atoms with Crippen LogP contribution in [0.2, 0.25) is 0 Å². The van der Waals surface area contributed by atoms with Crippen LogP contribution in [0.25, 0.3) is 11.3 Å². The van der Waals surface area contributed by atoms with Gasteiger partial charge in [0.2, 0.25) is 0 Å². The Morgan fingerprint density at radius 3 is 2.71 bits per heavy atom. The van der Waals surface area contributed by atoms with Gasteiger partial charge in [0, 0.05) is 11.5 Å². The molecule has 1 aliphatic carbocycles. The van der Waals surface area contributed by atoms with Crippen LogP contribution in [0.4, 0.5) is 0 Å². The Hall–Kier alpha value is -1.68. The largest absolute Gasteiger partial charge is 0.477 e. The van der Waals surface area contributed by atoms with Gasteiger partial charge in [-0.1, -0.05) is 50.1 Å². The van der Waals surface area contributed by atoms with E-state index in [2.05, 4.69) is 6.92 Å². The Bertz CT molecular complexity index is 635. The molecular weight excluding hydrogens is 282 g/mol. The fraction of sp³-hybridized carbons (Fsp3) is 0.412. The molecule has 0 amide bonds. The average molecular weight is 301 g/mol. The molecule has 21 heavy (non-hydrogen) atoms. The van der Waals surface area contributed by atoms with Gasteiger partial charge in [-0.25, -0.2) is 9.78 Å². The predicted octanol–water partition coefficient (Wildman–Crippen LogP) is 4.80. The van der Waals surface area contributed by atoms with Gasteiger partial charge >= 0.3 is 5.97 Å². The number of carbonyl (C=O) groups is 1. The molecule has 110 valence electrons. The van der Waals surface area contributed by atoms with Gasteiger partial charge in [-0.05, 0) is 18.8 Å². The first-order chi connectivity index (χ1) is 10.1. The molecule has 1 aliphatic rings. The number of aromatic nitrogens is 1. The molecular formula is C17H19NO2S. The predicted molar refractivity (Wildman–Crippen MR) is 84.9 cm³/mol. The average Bonchev–Trinajstić information content (AvgIpc) is 2.93. The molecule has 0 bridgehead atoms. The van der Waals surface area contributed by atoms with E-state index in [-0.39, 0.29) is 0 Å². The van der Waals surface area contributed by atoms with Crippen LogP contribution in [-0.2, 0) is 0 Å². The quantitative estimate of drug-likeness (QED) is 0.885. The van der Waals surface area contributed by atoms with Gasteiger partial charge < -0.3 is 5.11 Å². The smallest absolute Gasteiger partial charge is 0.348 e. The topological polar surface area (TPSA) is 50.2 Å². The molecule has 3 nitrogen and oxygen atoms in total. The first-order valence-electron chi connectivity index (χ1n) is 7.44. The van der Waals surface area contributed by atoms with Crippen LogP contribution < -0.4 is 0 Å². The summed E-state index contributed by atoms with van der Waals surface area (Å²) in [6.07, 6.45) is 4.75. The van der Waals surface area contributed by atoms with Crippen molar-refractivity contribution in [3.63, 3.8) is 0 Å². The SMILES string of the molecule is CC1CCCC(c2nc(-c3ccccc3)c(C(=O)O)s2)C1. The first kappa shape index (κ1) is 14.3. The Morgan fingerprint density at radius 1 is 1.29 bits per heavy atom. The normalized spacial score (nSPS) is 22.1. The monoisotopic (exact) mass is 301 g/mol. The molecule has 2 atom stereocenters. The first-order valence-corrected chi connectivity index (χ1v) is 8.26. The zero-order chi connectivity index (χ0) is 14.8. The van der Waals surface area contributed by atoms with Gasteiger partial charge in [-0.15, -0.1) is 11.3 Å². The minimum Gasteiger partial charge on any atom is -0.477 e. The van der Waals surface area contributed by atoms with E-state index < -0.39 is 5.97 Å². The molecule has 1 heterocycles. The number of nitrogens with zero attached hydrogens (tertiary/aromatic N) is 1. The highest BCUT2D eigenvalue weighted by Gasteiger charge is 2.26. The molecule has 1 aromatic heterocycles. The third-order valence-corrected chi connectivity index (χ3v) is 5.38. The summed E-state index contributed by atoms with van der Waals surface area (Å²) in [6, 6.07) is 9.62. The lowest BCUT2D eigenvalue weighted by Gasteiger charge is -2.24. The number of aromatic carboxylic acids is 1. The van der Waals surface area contributed by atoms with Crippen molar-refractivity contribution in [1.82, 2.24) is 4.98 Å². The van der Waals surface area contributed by atoms with E-state index in [1.807, 2.05) is 30.3 Å². The summed E-state index contributed by atoms with van der Waals surface area (Å²) in [6.45, 7) is 2.27. The van der Waals surface area contributed by atoms with Crippen molar-refractivity contribution in [3.8, 4) is 11.3 Å². The molecule has 0 radical (unpaired) electrons. The Labute approximate surface area is 128 Å². The lowest BCUT2D eigenvalue weighted by Crippen LogP contribution is -2.11. The lowest BCUT2D eigenvalue weighted by molar-refractivity contribution is 0.0702. The van der Waals surface area contributed by atoms with E-state index >= 15 is 0 Å². The van der Waals surface area contributed by atoms with Crippen LogP contribution >= 0.6 is 11.3 Å². The van der Waals surface area contributed by atoms with Gasteiger partial charge in [0.25, 0.3) is 0 Å². The van der Waals surface area contributed by atoms with Crippen LogP contribution in [0.15, 0.2) is 30.3 Å². The number of benzene rings is 1. The van der Waals surface area contributed by atoms with E-state index in [9.17, 15) is 9.90 Å². The summed E-state index contributed by atoms with van der Waals surface area (Å²) in [5.41, 5.74) is 1.52. The third-order valence-electron chi connectivity index (χ3n) is 4.17. The van der Waals surface area contributed by atoms with Gasteiger partial charge in [0.05, 0.1) is 10.7 Å². The maximum Gasteiger partial charge on any atom is 0.348 e. The summed E-state index contributed by atoms with van der Waals surface area (Å²) < 4.78 is 0. The van der Waals surface area contributed by atoms with Crippen molar-refractivity contribution in [2.45, 2.75) is 38.5 Å². The number of thiazole rings is 1. The molecule has 1 N–H and O–H groups in total. The van der Waals surface area contributed by atoms with Crippen molar-refractivity contribution in [1.29, 1.82) is 0 Å². The molecule has 1 saturated carbocycles. The maximum absolute atomic E-state index is 11.5. The van der Waals surface area contributed by atoms with Gasteiger partial charge in [0.15, 0.2) is 0 Å². The second kappa shape index (κ2) is 5.98. The number of carboxylic acids is 1. The zero-order valence-electron chi connectivity index (χ0n) is 12.1. The van der Waals surface area contributed by atoms with Gasteiger partial charge in [-0.2, -0.15) is 0 Å². The summed E-state index contributed by atoms with van der Waals surface area (Å²) in [5, 5.41) is 10.5. The molecule has 1 fully saturated rings. The van der Waals surface area contributed by atoms with Crippen LogP contribution in [0, 0.1) is 5.92 Å².